The van der Waals surface area contributed by atoms with Crippen molar-refractivity contribution in [2.75, 3.05) is 0 Å². The maximum Gasteiger partial charge on any atom is 0.164 e. The average molecular weight is 754 g/mol. The monoisotopic (exact) mass is 753 g/mol. The van der Waals surface area contributed by atoms with Crippen molar-refractivity contribution < 1.29 is 4.42 Å². The summed E-state index contributed by atoms with van der Waals surface area (Å²) in [6, 6.07) is 74.1. The highest BCUT2D eigenvalue weighted by molar-refractivity contribution is 6.22. The largest absolute Gasteiger partial charge is 0.456 e. The molecule has 0 fully saturated rings. The van der Waals surface area contributed by atoms with Crippen LogP contribution in [0.4, 0.5) is 0 Å². The molecule has 4 nitrogen and oxygen atoms in total. The molecule has 0 bridgehead atoms. The first-order valence-corrected chi connectivity index (χ1v) is 19.8. The molecular weight excluding hydrogens is 719 g/mol. The van der Waals surface area contributed by atoms with Crippen molar-refractivity contribution in [1.29, 1.82) is 0 Å². The molecule has 0 aliphatic rings. The summed E-state index contributed by atoms with van der Waals surface area (Å²) < 4.78 is 6.83. The Morgan fingerprint density at radius 3 is 1.29 bits per heavy atom. The van der Waals surface area contributed by atoms with Crippen LogP contribution in [0.3, 0.4) is 0 Å². The predicted molar refractivity (Wildman–Crippen MR) is 243 cm³/mol. The first kappa shape index (κ1) is 34.3. The molecule has 0 spiro atoms. The Balaban J connectivity index is 1.03. The van der Waals surface area contributed by atoms with Crippen LogP contribution in [0.25, 0.3) is 111 Å². The summed E-state index contributed by atoms with van der Waals surface area (Å²) in [5.41, 5.74) is 13.6. The van der Waals surface area contributed by atoms with Crippen LogP contribution in [0.2, 0.25) is 0 Å². The van der Waals surface area contributed by atoms with Crippen molar-refractivity contribution in [2.45, 2.75) is 0 Å². The van der Waals surface area contributed by atoms with Crippen molar-refractivity contribution in [3.8, 4) is 78.7 Å². The van der Waals surface area contributed by atoms with Gasteiger partial charge in [0.2, 0.25) is 0 Å². The molecule has 0 aliphatic heterocycles. The van der Waals surface area contributed by atoms with Crippen LogP contribution in [0.15, 0.2) is 217 Å². The number of aromatic nitrogens is 3. The maximum absolute atomic E-state index is 6.83. The number of furan rings is 1. The van der Waals surface area contributed by atoms with Crippen molar-refractivity contribution in [3.05, 3.63) is 212 Å². The van der Waals surface area contributed by atoms with Crippen molar-refractivity contribution in [1.82, 2.24) is 15.0 Å². The molecule has 0 saturated carbocycles. The highest BCUT2D eigenvalue weighted by Crippen LogP contribution is 2.43. The lowest BCUT2D eigenvalue weighted by atomic mass is 9.90. The van der Waals surface area contributed by atoms with E-state index in [1.807, 2.05) is 60.7 Å². The van der Waals surface area contributed by atoms with Gasteiger partial charge in [-0.3, -0.25) is 0 Å². The molecule has 2 aromatic heterocycles. The summed E-state index contributed by atoms with van der Waals surface area (Å²) in [7, 11) is 0. The fraction of sp³-hybridized carbons (Fsp3) is 0. The second-order valence-corrected chi connectivity index (χ2v) is 14.8. The van der Waals surface area contributed by atoms with Crippen LogP contribution in [0, 0.1) is 0 Å². The molecule has 0 radical (unpaired) electrons. The number of benzene rings is 9. The Bertz CT molecular complexity index is 3190. The second-order valence-electron chi connectivity index (χ2n) is 14.8. The molecule has 0 aliphatic carbocycles. The predicted octanol–water partition coefficient (Wildman–Crippen LogP) is 14.6. The first-order chi connectivity index (χ1) is 29.2. The van der Waals surface area contributed by atoms with Gasteiger partial charge in [0, 0.05) is 27.5 Å². The Kier molecular flexibility index (Phi) is 8.45. The lowest BCUT2D eigenvalue weighted by molar-refractivity contribution is 0.669. The summed E-state index contributed by atoms with van der Waals surface area (Å²) in [6.07, 6.45) is 0. The highest BCUT2D eigenvalue weighted by Gasteiger charge is 2.18. The summed E-state index contributed by atoms with van der Waals surface area (Å²) in [5.74, 6) is 1.89. The molecule has 2 heterocycles. The fourth-order valence-corrected chi connectivity index (χ4v) is 8.21. The van der Waals surface area contributed by atoms with Crippen LogP contribution in [-0.4, -0.2) is 15.0 Å². The number of nitrogens with zero attached hydrogens (tertiary/aromatic N) is 3. The zero-order valence-corrected chi connectivity index (χ0v) is 32.0. The van der Waals surface area contributed by atoms with Gasteiger partial charge in [0.15, 0.2) is 17.5 Å². The summed E-state index contributed by atoms with van der Waals surface area (Å²) >= 11 is 0. The molecule has 9 aromatic carbocycles. The molecular formula is C55H35N3O. The molecule has 0 unspecified atom stereocenters. The quantitative estimate of drug-likeness (QED) is 0.163. The van der Waals surface area contributed by atoms with Gasteiger partial charge in [-0.1, -0.05) is 170 Å². The minimum absolute atomic E-state index is 0.620. The number of fused-ring (bicyclic) bond motifs is 5. The van der Waals surface area contributed by atoms with Crippen molar-refractivity contribution in [3.63, 3.8) is 0 Å². The zero-order valence-electron chi connectivity index (χ0n) is 32.0. The minimum Gasteiger partial charge on any atom is -0.456 e. The Hall–Kier alpha value is -7.95. The van der Waals surface area contributed by atoms with Crippen LogP contribution in [0.5, 0.6) is 0 Å². The molecule has 11 rings (SSSR count). The molecule has 0 atom stereocenters. The topological polar surface area (TPSA) is 51.8 Å². The van der Waals surface area contributed by atoms with E-state index in [-0.39, 0.29) is 0 Å². The molecule has 276 valence electrons. The van der Waals surface area contributed by atoms with Crippen LogP contribution in [0.1, 0.15) is 0 Å². The van der Waals surface area contributed by atoms with Gasteiger partial charge in [-0.05, 0) is 97.7 Å². The van der Waals surface area contributed by atoms with E-state index < -0.39 is 0 Å². The normalized spacial score (nSPS) is 11.4. The lowest BCUT2D eigenvalue weighted by Gasteiger charge is -2.13. The SMILES string of the molecule is c1ccc(-c2cc(-c3ccccc3)cc(-c3cc4oc5cc(-c6cccc(-c7nc(-c8ccccc8)nc(-c8ccccc8)n7)c6)ccc5c4c4ccccc34)c2)cc1. The molecule has 0 amide bonds. The van der Waals surface area contributed by atoms with E-state index in [1.165, 1.54) is 27.6 Å². The third kappa shape index (κ3) is 6.43. The first-order valence-electron chi connectivity index (χ1n) is 19.8. The van der Waals surface area contributed by atoms with E-state index in [0.29, 0.717) is 17.5 Å². The summed E-state index contributed by atoms with van der Waals surface area (Å²) in [5, 5.41) is 4.56. The van der Waals surface area contributed by atoms with E-state index in [2.05, 4.69) is 152 Å². The summed E-state index contributed by atoms with van der Waals surface area (Å²) in [6.45, 7) is 0. The Morgan fingerprint density at radius 2 is 0.695 bits per heavy atom. The Labute approximate surface area is 341 Å². The van der Waals surface area contributed by atoms with Gasteiger partial charge in [-0.2, -0.15) is 0 Å². The summed E-state index contributed by atoms with van der Waals surface area (Å²) in [4.78, 5) is 14.8. The molecule has 0 N–H and O–H groups in total. The van der Waals surface area contributed by atoms with Crippen LogP contribution in [-0.2, 0) is 0 Å². The van der Waals surface area contributed by atoms with Gasteiger partial charge < -0.3 is 4.42 Å². The van der Waals surface area contributed by atoms with Gasteiger partial charge >= 0.3 is 0 Å². The molecule has 59 heavy (non-hydrogen) atoms. The van der Waals surface area contributed by atoms with E-state index in [4.69, 9.17) is 19.4 Å². The highest BCUT2D eigenvalue weighted by atomic mass is 16.3. The second kappa shape index (κ2) is 14.5. The zero-order chi connectivity index (χ0) is 39.1. The lowest BCUT2D eigenvalue weighted by Crippen LogP contribution is -2.00. The van der Waals surface area contributed by atoms with E-state index in [0.717, 1.165) is 66.3 Å². The molecule has 0 saturated heterocycles. The minimum atomic E-state index is 0.620. The van der Waals surface area contributed by atoms with E-state index in [9.17, 15) is 0 Å². The van der Waals surface area contributed by atoms with Crippen LogP contribution >= 0.6 is 0 Å². The van der Waals surface area contributed by atoms with Gasteiger partial charge in [0.05, 0.1) is 0 Å². The van der Waals surface area contributed by atoms with E-state index in [1.54, 1.807) is 0 Å². The van der Waals surface area contributed by atoms with Gasteiger partial charge in [-0.15, -0.1) is 0 Å². The standard InChI is InChI=1S/C55H35N3O/c1-5-16-36(17-6-1)43-31-44(37-18-7-2-8-19-37)33-45(32-43)49-35-51-52(47-27-14-13-26-46(47)49)48-29-28-41(34-50(48)59-51)40-24-15-25-42(30-40)55-57-53(38-20-9-3-10-21-38)56-54(58-55)39-22-11-4-12-23-39/h1-35H. The maximum atomic E-state index is 6.83. The number of hydrogen-bond acceptors (Lipinski definition) is 4. The Morgan fingerprint density at radius 1 is 0.254 bits per heavy atom. The van der Waals surface area contributed by atoms with Crippen molar-refractivity contribution in [2.24, 2.45) is 0 Å². The smallest absolute Gasteiger partial charge is 0.164 e. The average Bonchev–Trinajstić information content (AvgIpc) is 3.70. The van der Waals surface area contributed by atoms with Gasteiger partial charge in [-0.25, -0.2) is 15.0 Å². The number of rotatable bonds is 7. The third-order valence-electron chi connectivity index (χ3n) is 11.1. The van der Waals surface area contributed by atoms with Crippen LogP contribution < -0.4 is 0 Å². The number of hydrogen-bond donors (Lipinski definition) is 0. The molecule has 4 heteroatoms. The van der Waals surface area contributed by atoms with Gasteiger partial charge in [0.25, 0.3) is 0 Å². The van der Waals surface area contributed by atoms with Crippen molar-refractivity contribution >= 4 is 32.7 Å². The molecule has 11 aromatic rings. The third-order valence-corrected chi connectivity index (χ3v) is 11.1. The fourth-order valence-electron chi connectivity index (χ4n) is 8.21. The van der Waals surface area contributed by atoms with E-state index >= 15 is 0 Å². The van der Waals surface area contributed by atoms with Gasteiger partial charge in [0.1, 0.15) is 11.2 Å².